The lowest BCUT2D eigenvalue weighted by atomic mass is 9.98. The zero-order chi connectivity index (χ0) is 22.0. The van der Waals surface area contributed by atoms with Crippen LogP contribution in [0.2, 0.25) is 5.15 Å². The van der Waals surface area contributed by atoms with Crippen LogP contribution < -0.4 is 11.1 Å². The molecule has 1 aromatic heterocycles. The number of carbonyl (C=O) groups excluding carboxylic acids is 1. The first-order chi connectivity index (χ1) is 15.0. The van der Waals surface area contributed by atoms with Gasteiger partial charge >= 0.3 is 6.09 Å². The first kappa shape index (κ1) is 21.1. The lowest BCUT2D eigenvalue weighted by Gasteiger charge is -2.19. The molecule has 1 amide bonds. The van der Waals surface area contributed by atoms with E-state index in [-0.39, 0.29) is 29.9 Å². The predicted molar refractivity (Wildman–Crippen MR) is 118 cm³/mol. The van der Waals surface area contributed by atoms with E-state index in [1.807, 2.05) is 36.4 Å². The van der Waals surface area contributed by atoms with Crippen molar-refractivity contribution in [2.24, 2.45) is 0 Å². The monoisotopic (exact) mass is 439 g/mol. The Bertz CT molecular complexity index is 1060. The third-order valence-electron chi connectivity index (χ3n) is 5.39. The highest BCUT2D eigenvalue weighted by Crippen LogP contribution is 2.44. The average molecular weight is 440 g/mol. The van der Waals surface area contributed by atoms with Gasteiger partial charge < -0.3 is 26.0 Å². The predicted octanol–water partition coefficient (Wildman–Crippen LogP) is 3.25. The van der Waals surface area contributed by atoms with E-state index in [0.717, 1.165) is 22.3 Å². The van der Waals surface area contributed by atoms with Crippen LogP contribution in [-0.4, -0.2) is 40.5 Å². The second-order valence-corrected chi connectivity index (χ2v) is 7.73. The molecule has 31 heavy (non-hydrogen) atoms. The molecule has 0 saturated heterocycles. The van der Waals surface area contributed by atoms with Gasteiger partial charge in [-0.05, 0) is 28.3 Å². The summed E-state index contributed by atoms with van der Waals surface area (Å²) in [5.41, 5.74) is 10.7. The van der Waals surface area contributed by atoms with Crippen LogP contribution in [0.15, 0.2) is 60.8 Å². The number of benzene rings is 2. The number of aromatic nitrogens is 1. The van der Waals surface area contributed by atoms with Gasteiger partial charge in [0.15, 0.2) is 5.15 Å². The fourth-order valence-corrected chi connectivity index (χ4v) is 3.92. The smallest absolute Gasteiger partial charge is 0.407 e. The molecule has 3 aromatic rings. The van der Waals surface area contributed by atoms with E-state index < -0.39 is 18.3 Å². The summed E-state index contributed by atoms with van der Waals surface area (Å²) in [6.07, 6.45) is -1.93. The van der Waals surface area contributed by atoms with Gasteiger partial charge in [-0.15, -0.1) is 0 Å². The van der Waals surface area contributed by atoms with Crippen molar-refractivity contribution in [3.8, 4) is 11.1 Å². The normalized spacial score (nSPS) is 14.4. The lowest BCUT2D eigenvalue weighted by molar-refractivity contribution is 0.0184. The molecule has 4 rings (SSSR count). The van der Waals surface area contributed by atoms with Gasteiger partial charge in [0.05, 0.1) is 5.69 Å². The van der Waals surface area contributed by atoms with Crippen LogP contribution in [0.3, 0.4) is 0 Å². The van der Waals surface area contributed by atoms with Crippen molar-refractivity contribution < 1.29 is 19.7 Å². The molecule has 160 valence electrons. The number of aliphatic hydroxyl groups is 2. The summed E-state index contributed by atoms with van der Waals surface area (Å²) in [6.45, 7) is -0.0451. The number of hydrogen-bond donors (Lipinski definition) is 4. The third kappa shape index (κ3) is 4.34. The maximum atomic E-state index is 12.2. The highest BCUT2D eigenvalue weighted by Gasteiger charge is 2.29. The van der Waals surface area contributed by atoms with Crippen molar-refractivity contribution in [2.75, 3.05) is 18.9 Å². The maximum Gasteiger partial charge on any atom is 0.407 e. The quantitative estimate of drug-likeness (QED) is 0.438. The van der Waals surface area contributed by atoms with Crippen LogP contribution in [0.25, 0.3) is 11.1 Å². The number of rotatable bonds is 6. The van der Waals surface area contributed by atoms with Gasteiger partial charge in [-0.2, -0.15) is 0 Å². The van der Waals surface area contributed by atoms with Gasteiger partial charge in [-0.1, -0.05) is 60.1 Å². The number of amides is 1. The van der Waals surface area contributed by atoms with Crippen LogP contribution in [0, 0.1) is 0 Å². The summed E-state index contributed by atoms with van der Waals surface area (Å²) in [7, 11) is 0. The zero-order valence-electron chi connectivity index (χ0n) is 16.5. The van der Waals surface area contributed by atoms with Crippen LogP contribution in [0.5, 0.6) is 0 Å². The van der Waals surface area contributed by atoms with Crippen molar-refractivity contribution in [1.82, 2.24) is 10.3 Å². The van der Waals surface area contributed by atoms with Crippen LogP contribution >= 0.6 is 11.6 Å². The summed E-state index contributed by atoms with van der Waals surface area (Å²) in [6, 6.07) is 17.5. The molecule has 0 bridgehead atoms. The summed E-state index contributed by atoms with van der Waals surface area (Å²) in [4.78, 5) is 16.1. The third-order valence-corrected chi connectivity index (χ3v) is 5.71. The number of fused-ring (bicyclic) bond motifs is 3. The van der Waals surface area contributed by atoms with Gasteiger partial charge in [-0.3, -0.25) is 0 Å². The number of alkyl carbamates (subject to hydrolysis) is 1. The van der Waals surface area contributed by atoms with Crippen LogP contribution in [0.4, 0.5) is 10.5 Å². The van der Waals surface area contributed by atoms with Crippen molar-refractivity contribution in [3.63, 3.8) is 0 Å². The van der Waals surface area contributed by atoms with Crippen LogP contribution in [0.1, 0.15) is 28.7 Å². The number of aliphatic hydroxyl groups excluding tert-OH is 2. The molecule has 7 nitrogen and oxygen atoms in total. The number of halogens is 1. The maximum absolute atomic E-state index is 12.2. The van der Waals surface area contributed by atoms with E-state index in [4.69, 9.17) is 22.1 Å². The lowest BCUT2D eigenvalue weighted by Crippen LogP contribution is -2.36. The number of hydrogen-bond acceptors (Lipinski definition) is 6. The minimum atomic E-state index is -1.29. The van der Waals surface area contributed by atoms with E-state index in [2.05, 4.69) is 22.4 Å². The summed E-state index contributed by atoms with van der Waals surface area (Å²) in [5, 5.41) is 23.1. The SMILES string of the molecule is Nc1cc(C(O)C(O)CNC(=O)OCC2c3ccccc3-c3ccccc32)cnc1Cl. The highest BCUT2D eigenvalue weighted by atomic mass is 35.5. The number of nitrogen functional groups attached to an aromatic ring is 1. The Morgan fingerprint density at radius 2 is 1.74 bits per heavy atom. The standard InChI is InChI=1S/C23H22ClN3O4/c24-22-19(25)9-13(10-26-22)21(29)20(28)11-27-23(30)31-12-18-16-7-3-1-5-14(16)15-6-2-4-8-17(15)18/h1-10,18,20-21,28-29H,11-12,25H2,(H,27,30). The topological polar surface area (TPSA) is 118 Å². The molecule has 0 saturated carbocycles. The Hall–Kier alpha value is -3.13. The molecule has 0 aliphatic heterocycles. The number of ether oxygens (including phenoxy) is 1. The second-order valence-electron chi connectivity index (χ2n) is 7.37. The van der Waals surface area contributed by atoms with E-state index in [1.54, 1.807) is 0 Å². The average Bonchev–Trinajstić information content (AvgIpc) is 3.11. The fourth-order valence-electron chi connectivity index (χ4n) is 3.81. The van der Waals surface area contributed by atoms with Gasteiger partial charge in [0, 0.05) is 24.2 Å². The number of nitrogens with one attached hydrogen (secondary N) is 1. The summed E-state index contributed by atoms with van der Waals surface area (Å²) in [5.74, 6) is -0.0585. The number of anilines is 1. The fraction of sp³-hybridized carbons (Fsp3) is 0.217. The first-order valence-corrected chi connectivity index (χ1v) is 10.2. The molecule has 8 heteroatoms. The number of nitrogens with two attached hydrogens (primary N) is 1. The number of nitrogens with zero attached hydrogens (tertiary/aromatic N) is 1. The molecule has 5 N–H and O–H groups in total. The van der Waals surface area contributed by atoms with Crippen molar-refractivity contribution in [2.45, 2.75) is 18.1 Å². The molecular weight excluding hydrogens is 418 g/mol. The Balaban J connectivity index is 1.34. The van der Waals surface area contributed by atoms with Gasteiger partial charge in [-0.25, -0.2) is 9.78 Å². The Morgan fingerprint density at radius 3 is 2.35 bits per heavy atom. The Labute approximate surface area is 184 Å². The van der Waals surface area contributed by atoms with Crippen molar-refractivity contribution in [3.05, 3.63) is 82.6 Å². The molecule has 2 aromatic carbocycles. The minimum Gasteiger partial charge on any atom is -0.449 e. The van der Waals surface area contributed by atoms with E-state index in [1.165, 1.54) is 12.3 Å². The molecule has 1 aliphatic carbocycles. The van der Waals surface area contributed by atoms with Crippen molar-refractivity contribution in [1.29, 1.82) is 0 Å². The highest BCUT2D eigenvalue weighted by molar-refractivity contribution is 6.31. The Morgan fingerprint density at radius 1 is 1.13 bits per heavy atom. The van der Waals surface area contributed by atoms with E-state index in [9.17, 15) is 15.0 Å². The van der Waals surface area contributed by atoms with Crippen molar-refractivity contribution >= 4 is 23.4 Å². The van der Waals surface area contributed by atoms with Gasteiger partial charge in [0.2, 0.25) is 0 Å². The van der Waals surface area contributed by atoms with Gasteiger partial charge in [0.25, 0.3) is 0 Å². The molecule has 1 aliphatic rings. The minimum absolute atomic E-state index is 0.0585. The number of pyridine rings is 1. The van der Waals surface area contributed by atoms with E-state index >= 15 is 0 Å². The van der Waals surface area contributed by atoms with Crippen LogP contribution in [-0.2, 0) is 4.74 Å². The molecule has 0 radical (unpaired) electrons. The van der Waals surface area contributed by atoms with Gasteiger partial charge in [0.1, 0.15) is 18.8 Å². The summed E-state index contributed by atoms with van der Waals surface area (Å²) >= 11 is 5.77. The molecule has 2 unspecified atom stereocenters. The first-order valence-electron chi connectivity index (χ1n) is 9.81. The molecular formula is C23H22ClN3O4. The molecule has 1 heterocycles. The molecule has 0 spiro atoms. The molecule has 2 atom stereocenters. The Kier molecular flexibility index (Phi) is 6.08. The second kappa shape index (κ2) is 8.93. The largest absolute Gasteiger partial charge is 0.449 e. The number of carbonyl (C=O) groups is 1. The van der Waals surface area contributed by atoms with E-state index in [0.29, 0.717) is 5.56 Å². The summed E-state index contributed by atoms with van der Waals surface area (Å²) < 4.78 is 5.42. The molecule has 0 fully saturated rings. The zero-order valence-corrected chi connectivity index (χ0v) is 17.3.